The third kappa shape index (κ3) is 3.61. The van der Waals surface area contributed by atoms with Crippen molar-refractivity contribution in [2.75, 3.05) is 18.0 Å². The normalized spacial score (nSPS) is 18.0. The largest absolute Gasteiger partial charge is 0.397 e. The molecule has 0 saturated carbocycles. The van der Waals surface area contributed by atoms with Crippen LogP contribution < -0.4 is 10.2 Å². The Bertz CT molecular complexity index is 1030. The first kappa shape index (κ1) is 18.5. The van der Waals surface area contributed by atoms with Gasteiger partial charge < -0.3 is 15.2 Å². The summed E-state index contributed by atoms with van der Waals surface area (Å²) in [5, 5.41) is 5.46. The van der Waals surface area contributed by atoms with Crippen LogP contribution in [-0.2, 0) is 4.79 Å². The maximum Gasteiger partial charge on any atom is 0.397 e. The molecule has 0 radical (unpaired) electrons. The highest BCUT2D eigenvalue weighted by Crippen LogP contribution is 2.34. The number of carbonyl (C=O) groups excluding carboxylic acids is 1. The number of aromatic nitrogens is 3. The van der Waals surface area contributed by atoms with Gasteiger partial charge in [-0.2, -0.15) is 13.2 Å². The second-order valence-electron chi connectivity index (χ2n) is 7.17. The highest BCUT2D eigenvalue weighted by molar-refractivity contribution is 6.11. The van der Waals surface area contributed by atoms with Gasteiger partial charge in [0.15, 0.2) is 5.65 Å². The molecule has 1 unspecified atom stereocenters. The van der Waals surface area contributed by atoms with Gasteiger partial charge in [-0.3, -0.25) is 4.79 Å². The van der Waals surface area contributed by atoms with Crippen molar-refractivity contribution in [3.63, 3.8) is 0 Å². The summed E-state index contributed by atoms with van der Waals surface area (Å²) in [6, 6.07) is 1.59. The molecule has 6 nitrogen and oxygen atoms in total. The van der Waals surface area contributed by atoms with Gasteiger partial charge in [-0.15, -0.1) is 0 Å². The molecule has 1 atom stereocenters. The third-order valence-electron chi connectivity index (χ3n) is 5.11. The van der Waals surface area contributed by atoms with E-state index in [-0.39, 0.29) is 6.04 Å². The second-order valence-corrected chi connectivity index (χ2v) is 7.17. The topological polar surface area (TPSA) is 73.9 Å². The minimum Gasteiger partial charge on any atom is -0.368 e. The molecule has 28 heavy (non-hydrogen) atoms. The lowest BCUT2D eigenvalue weighted by Crippen LogP contribution is -2.48. The predicted octanol–water partition coefficient (Wildman–Crippen LogP) is 3.46. The van der Waals surface area contributed by atoms with E-state index in [1.54, 1.807) is 12.4 Å². The number of fused-ring (bicyclic) bond motifs is 3. The van der Waals surface area contributed by atoms with Crippen molar-refractivity contribution in [2.24, 2.45) is 0 Å². The summed E-state index contributed by atoms with van der Waals surface area (Å²) in [6.45, 7) is 3.18. The molecular formula is C19H20F3N5O. The lowest BCUT2D eigenvalue weighted by atomic mass is 10.0. The average molecular weight is 391 g/mol. The Morgan fingerprint density at radius 1 is 1.36 bits per heavy atom. The number of halogens is 3. The number of aryl methyl sites for hydroxylation is 1. The second kappa shape index (κ2) is 6.96. The first-order valence-electron chi connectivity index (χ1n) is 9.14. The van der Waals surface area contributed by atoms with E-state index in [9.17, 15) is 18.0 Å². The van der Waals surface area contributed by atoms with Crippen LogP contribution in [0, 0.1) is 6.92 Å². The number of aromatic amines is 1. The number of anilines is 1. The molecular weight excluding hydrogens is 371 g/mol. The highest BCUT2D eigenvalue weighted by Gasteiger charge is 2.33. The molecule has 2 N–H and O–H groups in total. The summed E-state index contributed by atoms with van der Waals surface area (Å²) >= 11 is 0. The van der Waals surface area contributed by atoms with Crippen LogP contribution in [0.1, 0.15) is 25.0 Å². The van der Waals surface area contributed by atoms with E-state index in [1.165, 1.54) is 0 Å². The zero-order chi connectivity index (χ0) is 19.9. The van der Waals surface area contributed by atoms with Crippen LogP contribution in [0.4, 0.5) is 18.9 Å². The summed E-state index contributed by atoms with van der Waals surface area (Å²) in [5.41, 5.74) is 2.57. The van der Waals surface area contributed by atoms with E-state index < -0.39 is 18.5 Å². The molecule has 0 aromatic carbocycles. The average Bonchev–Trinajstić information content (AvgIpc) is 3.09. The standard InChI is InChI=1S/C19H20F3N5O/c1-11-14-8-25-18-13(4-5-23-18)17(14)15(9-24-11)27-6-2-3-12(10-27)26-16(28)7-19(20,21)22/h4-5,8-9,12,24H,2-3,6-7,10H2,1H3,(H,26,28). The van der Waals surface area contributed by atoms with E-state index in [0.717, 1.165) is 40.5 Å². The van der Waals surface area contributed by atoms with Gasteiger partial charge >= 0.3 is 6.18 Å². The molecule has 1 fully saturated rings. The van der Waals surface area contributed by atoms with E-state index in [2.05, 4.69) is 25.2 Å². The Kier molecular flexibility index (Phi) is 4.60. The third-order valence-corrected chi connectivity index (χ3v) is 5.11. The molecule has 3 aromatic rings. The molecule has 1 amide bonds. The number of carbonyl (C=O) groups is 1. The molecule has 4 rings (SSSR count). The number of rotatable bonds is 3. The molecule has 9 heteroatoms. The quantitative estimate of drug-likeness (QED) is 0.717. The van der Waals surface area contributed by atoms with Gasteiger partial charge in [-0.25, -0.2) is 9.97 Å². The maximum absolute atomic E-state index is 12.4. The van der Waals surface area contributed by atoms with Crippen molar-refractivity contribution < 1.29 is 18.0 Å². The Hall–Kier alpha value is -2.84. The summed E-state index contributed by atoms with van der Waals surface area (Å²) < 4.78 is 37.3. The number of piperidine rings is 1. The summed E-state index contributed by atoms with van der Waals surface area (Å²) in [6.07, 6.45) is 0.891. The van der Waals surface area contributed by atoms with Crippen LogP contribution in [0.3, 0.4) is 0 Å². The van der Waals surface area contributed by atoms with Gasteiger partial charge in [0.25, 0.3) is 0 Å². The number of H-pyrrole nitrogens is 1. The van der Waals surface area contributed by atoms with Gasteiger partial charge in [0.2, 0.25) is 5.91 Å². The molecule has 1 saturated heterocycles. The van der Waals surface area contributed by atoms with Crippen molar-refractivity contribution in [1.29, 1.82) is 0 Å². The van der Waals surface area contributed by atoms with Gasteiger partial charge in [-0.05, 0) is 25.8 Å². The fourth-order valence-electron chi connectivity index (χ4n) is 3.87. The van der Waals surface area contributed by atoms with Crippen LogP contribution in [0.15, 0.2) is 24.7 Å². The van der Waals surface area contributed by atoms with Crippen molar-refractivity contribution >= 4 is 33.4 Å². The molecule has 1 aliphatic heterocycles. The predicted molar refractivity (Wildman–Crippen MR) is 100 cm³/mol. The highest BCUT2D eigenvalue weighted by atomic mass is 19.4. The van der Waals surface area contributed by atoms with Crippen LogP contribution in [0.25, 0.3) is 21.8 Å². The minimum atomic E-state index is -4.50. The van der Waals surface area contributed by atoms with E-state index in [1.807, 2.05) is 19.2 Å². The molecule has 0 aliphatic carbocycles. The molecule has 3 aromatic heterocycles. The first-order valence-corrected chi connectivity index (χ1v) is 9.14. The van der Waals surface area contributed by atoms with Crippen LogP contribution >= 0.6 is 0 Å². The number of pyridine rings is 2. The van der Waals surface area contributed by atoms with Crippen molar-refractivity contribution in [2.45, 2.75) is 38.4 Å². The molecule has 0 bridgehead atoms. The molecule has 148 valence electrons. The van der Waals surface area contributed by atoms with E-state index in [0.29, 0.717) is 18.6 Å². The zero-order valence-electron chi connectivity index (χ0n) is 15.3. The number of nitrogens with zero attached hydrogens (tertiary/aromatic N) is 3. The monoisotopic (exact) mass is 391 g/mol. The fourth-order valence-corrected chi connectivity index (χ4v) is 3.87. The smallest absolute Gasteiger partial charge is 0.368 e. The number of hydrogen-bond acceptors (Lipinski definition) is 4. The number of alkyl halides is 3. The Balaban J connectivity index is 1.64. The summed E-state index contributed by atoms with van der Waals surface area (Å²) in [5.74, 6) is -0.980. The molecule has 0 spiro atoms. The minimum absolute atomic E-state index is 0.324. The van der Waals surface area contributed by atoms with Gasteiger partial charge in [-0.1, -0.05) is 0 Å². The lowest BCUT2D eigenvalue weighted by Gasteiger charge is -2.35. The number of hydrogen-bond donors (Lipinski definition) is 2. The van der Waals surface area contributed by atoms with Crippen LogP contribution in [0.5, 0.6) is 0 Å². The Morgan fingerprint density at radius 2 is 2.18 bits per heavy atom. The molecule has 1 aliphatic rings. The van der Waals surface area contributed by atoms with E-state index >= 15 is 0 Å². The maximum atomic E-state index is 12.4. The first-order chi connectivity index (χ1) is 13.3. The van der Waals surface area contributed by atoms with Gasteiger partial charge in [0.05, 0.1) is 5.69 Å². The number of nitrogens with one attached hydrogen (secondary N) is 2. The Morgan fingerprint density at radius 3 is 2.96 bits per heavy atom. The van der Waals surface area contributed by atoms with Crippen molar-refractivity contribution in [3.05, 3.63) is 30.4 Å². The summed E-state index contributed by atoms with van der Waals surface area (Å²) in [4.78, 5) is 25.7. The molecule has 4 heterocycles. The lowest BCUT2D eigenvalue weighted by molar-refractivity contribution is -0.154. The van der Waals surface area contributed by atoms with Crippen molar-refractivity contribution in [3.8, 4) is 0 Å². The van der Waals surface area contributed by atoms with Crippen LogP contribution in [-0.4, -0.2) is 46.2 Å². The zero-order valence-corrected chi connectivity index (χ0v) is 15.3. The van der Waals surface area contributed by atoms with Crippen molar-refractivity contribution in [1.82, 2.24) is 20.3 Å². The van der Waals surface area contributed by atoms with Gasteiger partial charge in [0, 0.05) is 59.6 Å². The Labute approximate surface area is 159 Å². The number of amides is 1. The van der Waals surface area contributed by atoms with Crippen LogP contribution in [0.2, 0.25) is 0 Å². The summed E-state index contributed by atoms with van der Waals surface area (Å²) in [7, 11) is 0. The fraction of sp³-hybridized carbons (Fsp3) is 0.421. The van der Waals surface area contributed by atoms with E-state index in [4.69, 9.17) is 0 Å². The van der Waals surface area contributed by atoms with Gasteiger partial charge in [0.1, 0.15) is 6.42 Å². The SMILES string of the molecule is Cc1[nH]cc(N2CCCC(NC(=O)CC(F)(F)F)C2)c2c1cnc1nccc12.